The summed E-state index contributed by atoms with van der Waals surface area (Å²) in [6.45, 7) is 2.34. The van der Waals surface area contributed by atoms with Crippen molar-refractivity contribution in [1.29, 1.82) is 5.26 Å². The zero-order chi connectivity index (χ0) is 17.8. The highest BCUT2D eigenvalue weighted by Gasteiger charge is 2.28. The number of carbonyl (C=O) groups excluding carboxylic acids is 1. The largest absolute Gasteiger partial charge is 0.370 e. The number of hydrogen-bond acceptors (Lipinski definition) is 6. The van der Waals surface area contributed by atoms with E-state index in [1.165, 1.54) is 0 Å². The van der Waals surface area contributed by atoms with Gasteiger partial charge in [0.05, 0.1) is 16.6 Å². The van der Waals surface area contributed by atoms with Crippen LogP contribution in [0.25, 0.3) is 0 Å². The molecule has 1 aromatic carbocycles. The molecule has 128 valence electrons. The Morgan fingerprint density at radius 3 is 2.68 bits per heavy atom. The molecule has 0 bridgehead atoms. The summed E-state index contributed by atoms with van der Waals surface area (Å²) in [5.74, 6) is -0.411. The fraction of sp³-hybridized carbons (Fsp3) is 0.312. The molecule has 2 heterocycles. The Balaban J connectivity index is 1.70. The standard InChI is InChI=1S/C16H16N6O3/c17-10-12-2-4-13(5-3-12)20-6-1-7-21(9-8-20)16(23)15-14(22(24)25)11-18-19-15/h2-5,11H,1,6-9H2,(H,18,19). The Hall–Kier alpha value is -3.41. The molecule has 9 nitrogen and oxygen atoms in total. The first-order valence-corrected chi connectivity index (χ1v) is 7.82. The van der Waals surface area contributed by atoms with Crippen molar-refractivity contribution in [3.63, 3.8) is 0 Å². The molecule has 1 aliphatic rings. The van der Waals surface area contributed by atoms with Gasteiger partial charge in [-0.2, -0.15) is 10.4 Å². The lowest BCUT2D eigenvalue weighted by molar-refractivity contribution is -0.385. The van der Waals surface area contributed by atoms with E-state index in [1.807, 2.05) is 12.1 Å². The molecular formula is C16H16N6O3. The molecule has 0 saturated carbocycles. The van der Waals surface area contributed by atoms with Gasteiger partial charge in [-0.25, -0.2) is 0 Å². The highest BCUT2D eigenvalue weighted by atomic mass is 16.6. The topological polar surface area (TPSA) is 119 Å². The minimum absolute atomic E-state index is 0.0863. The van der Waals surface area contributed by atoms with Crippen molar-refractivity contribution in [1.82, 2.24) is 15.1 Å². The van der Waals surface area contributed by atoms with Crippen LogP contribution in [0.2, 0.25) is 0 Å². The molecule has 0 spiro atoms. The van der Waals surface area contributed by atoms with Gasteiger partial charge < -0.3 is 9.80 Å². The average molecular weight is 340 g/mol. The van der Waals surface area contributed by atoms with Gasteiger partial charge in [-0.1, -0.05) is 0 Å². The van der Waals surface area contributed by atoms with E-state index in [9.17, 15) is 14.9 Å². The Kier molecular flexibility index (Phi) is 4.61. The first kappa shape index (κ1) is 16.4. The number of carbonyl (C=O) groups is 1. The predicted molar refractivity (Wildman–Crippen MR) is 89.1 cm³/mol. The van der Waals surface area contributed by atoms with Crippen LogP contribution in [-0.4, -0.2) is 52.1 Å². The molecule has 1 fully saturated rings. The van der Waals surface area contributed by atoms with E-state index < -0.39 is 10.8 Å². The van der Waals surface area contributed by atoms with E-state index in [2.05, 4.69) is 21.2 Å². The van der Waals surface area contributed by atoms with Gasteiger partial charge in [-0.3, -0.25) is 20.0 Å². The second kappa shape index (κ2) is 7.00. The number of hydrogen-bond donors (Lipinski definition) is 1. The summed E-state index contributed by atoms with van der Waals surface area (Å²) < 4.78 is 0. The van der Waals surface area contributed by atoms with E-state index in [1.54, 1.807) is 17.0 Å². The Bertz CT molecular complexity index is 823. The molecule has 9 heteroatoms. The molecule has 0 aliphatic carbocycles. The third-order valence-electron chi connectivity index (χ3n) is 4.17. The van der Waals surface area contributed by atoms with Crippen molar-refractivity contribution >= 4 is 17.3 Å². The second-order valence-electron chi connectivity index (χ2n) is 5.68. The number of anilines is 1. The summed E-state index contributed by atoms with van der Waals surface area (Å²) >= 11 is 0. The second-order valence-corrected chi connectivity index (χ2v) is 5.68. The van der Waals surface area contributed by atoms with Crippen molar-refractivity contribution in [2.24, 2.45) is 0 Å². The van der Waals surface area contributed by atoms with Gasteiger partial charge in [0.25, 0.3) is 5.91 Å². The maximum absolute atomic E-state index is 12.6. The van der Waals surface area contributed by atoms with Crippen LogP contribution in [0.3, 0.4) is 0 Å². The quantitative estimate of drug-likeness (QED) is 0.668. The number of nitrogens with one attached hydrogen (secondary N) is 1. The third kappa shape index (κ3) is 3.42. The zero-order valence-corrected chi connectivity index (χ0v) is 13.4. The molecule has 2 aromatic rings. The number of aromatic amines is 1. The van der Waals surface area contributed by atoms with E-state index in [0.29, 0.717) is 25.2 Å². The van der Waals surface area contributed by atoms with Gasteiger partial charge in [0.2, 0.25) is 5.69 Å². The first-order valence-electron chi connectivity index (χ1n) is 7.82. The first-order chi connectivity index (χ1) is 12.1. The highest BCUT2D eigenvalue weighted by molar-refractivity contribution is 5.96. The van der Waals surface area contributed by atoms with Gasteiger partial charge >= 0.3 is 5.69 Å². The molecule has 0 unspecified atom stereocenters. The highest BCUT2D eigenvalue weighted by Crippen LogP contribution is 2.20. The molecule has 1 amide bonds. The number of nitro groups is 1. The van der Waals surface area contributed by atoms with Gasteiger partial charge in [-0.05, 0) is 30.7 Å². The lowest BCUT2D eigenvalue weighted by Gasteiger charge is -2.23. The molecule has 1 N–H and O–H groups in total. The van der Waals surface area contributed by atoms with Gasteiger partial charge in [0, 0.05) is 31.9 Å². The molecule has 1 saturated heterocycles. The number of nitriles is 1. The maximum Gasteiger partial charge on any atom is 0.319 e. The average Bonchev–Trinajstić information content (AvgIpc) is 3.00. The number of rotatable bonds is 3. The van der Waals surface area contributed by atoms with Crippen LogP contribution >= 0.6 is 0 Å². The summed E-state index contributed by atoms with van der Waals surface area (Å²) in [6, 6.07) is 9.38. The van der Waals surface area contributed by atoms with Crippen LogP contribution in [0, 0.1) is 21.4 Å². The predicted octanol–water partition coefficient (Wildman–Crippen LogP) is 1.54. The molecule has 1 aromatic heterocycles. The molecule has 1 aliphatic heterocycles. The van der Waals surface area contributed by atoms with Crippen LogP contribution in [0.4, 0.5) is 11.4 Å². The Morgan fingerprint density at radius 2 is 2.00 bits per heavy atom. The SMILES string of the molecule is N#Cc1ccc(N2CCCN(C(=O)c3[nH]ncc3[N+](=O)[O-])CC2)cc1. The Morgan fingerprint density at radius 1 is 1.24 bits per heavy atom. The van der Waals surface area contributed by atoms with Crippen LogP contribution in [0.15, 0.2) is 30.5 Å². The minimum Gasteiger partial charge on any atom is -0.370 e. The van der Waals surface area contributed by atoms with Crippen LogP contribution < -0.4 is 4.90 Å². The van der Waals surface area contributed by atoms with E-state index in [4.69, 9.17) is 5.26 Å². The van der Waals surface area contributed by atoms with Crippen molar-refractivity contribution in [3.8, 4) is 6.07 Å². The number of amides is 1. The van der Waals surface area contributed by atoms with Crippen LogP contribution in [-0.2, 0) is 0 Å². The number of benzene rings is 1. The number of nitrogens with zero attached hydrogens (tertiary/aromatic N) is 5. The van der Waals surface area contributed by atoms with Crippen molar-refractivity contribution in [3.05, 3.63) is 51.8 Å². The van der Waals surface area contributed by atoms with Gasteiger partial charge in [0.15, 0.2) is 0 Å². The molecule has 0 radical (unpaired) electrons. The van der Waals surface area contributed by atoms with Gasteiger partial charge in [-0.15, -0.1) is 0 Å². The maximum atomic E-state index is 12.6. The fourth-order valence-corrected chi connectivity index (χ4v) is 2.86. The molecule has 3 rings (SSSR count). The smallest absolute Gasteiger partial charge is 0.319 e. The summed E-state index contributed by atoms with van der Waals surface area (Å²) in [6.07, 6.45) is 1.79. The van der Waals surface area contributed by atoms with E-state index in [0.717, 1.165) is 24.8 Å². The normalized spacial score (nSPS) is 14.7. The number of aromatic nitrogens is 2. The summed E-state index contributed by atoms with van der Waals surface area (Å²) in [7, 11) is 0. The molecule has 0 atom stereocenters. The van der Waals surface area contributed by atoms with Crippen LogP contribution in [0.1, 0.15) is 22.5 Å². The summed E-state index contributed by atoms with van der Waals surface area (Å²) in [4.78, 5) is 26.7. The van der Waals surface area contributed by atoms with Crippen LogP contribution in [0.5, 0.6) is 0 Å². The fourth-order valence-electron chi connectivity index (χ4n) is 2.86. The monoisotopic (exact) mass is 340 g/mol. The van der Waals surface area contributed by atoms with Crippen molar-refractivity contribution in [2.45, 2.75) is 6.42 Å². The lowest BCUT2D eigenvalue weighted by atomic mass is 10.2. The Labute approximate surface area is 143 Å². The zero-order valence-electron chi connectivity index (χ0n) is 13.4. The van der Waals surface area contributed by atoms with Gasteiger partial charge in [0.1, 0.15) is 6.20 Å². The van der Waals surface area contributed by atoms with E-state index in [-0.39, 0.29) is 11.4 Å². The molecular weight excluding hydrogens is 324 g/mol. The van der Waals surface area contributed by atoms with Crippen molar-refractivity contribution < 1.29 is 9.72 Å². The third-order valence-corrected chi connectivity index (χ3v) is 4.17. The summed E-state index contributed by atoms with van der Waals surface area (Å²) in [5.41, 5.74) is 1.19. The van der Waals surface area contributed by atoms with Crippen molar-refractivity contribution in [2.75, 3.05) is 31.1 Å². The minimum atomic E-state index is -0.613. The number of H-pyrrole nitrogens is 1. The van der Waals surface area contributed by atoms with E-state index >= 15 is 0 Å². The molecule has 25 heavy (non-hydrogen) atoms. The summed E-state index contributed by atoms with van der Waals surface area (Å²) in [5, 5.41) is 25.9. The lowest BCUT2D eigenvalue weighted by Crippen LogP contribution is -2.35.